The molecule has 4 heteroatoms. The van der Waals surface area contributed by atoms with Gasteiger partial charge < -0.3 is 9.88 Å². The molecule has 17 heavy (non-hydrogen) atoms. The van der Waals surface area contributed by atoms with Gasteiger partial charge in [-0.15, -0.1) is 0 Å². The van der Waals surface area contributed by atoms with Crippen molar-refractivity contribution in [2.45, 2.75) is 45.6 Å². The summed E-state index contributed by atoms with van der Waals surface area (Å²) >= 11 is 0. The fourth-order valence-electron chi connectivity index (χ4n) is 2.56. The highest BCUT2D eigenvalue weighted by Gasteiger charge is 2.22. The molecule has 1 N–H and O–H groups in total. The van der Waals surface area contributed by atoms with Gasteiger partial charge in [0.2, 0.25) is 0 Å². The average Bonchev–Trinajstić information content (AvgIpc) is 2.28. The Labute approximate surface area is 102 Å². The highest BCUT2D eigenvalue weighted by atomic mass is 16.1. The van der Waals surface area contributed by atoms with Crippen LogP contribution in [0.3, 0.4) is 0 Å². The average molecular weight is 235 g/mol. The van der Waals surface area contributed by atoms with Crippen LogP contribution in [0, 0.1) is 12.8 Å². The van der Waals surface area contributed by atoms with Gasteiger partial charge in [0.05, 0.1) is 0 Å². The lowest BCUT2D eigenvalue weighted by Gasteiger charge is -2.34. The van der Waals surface area contributed by atoms with Crippen LogP contribution in [0.4, 0.5) is 5.82 Å². The first-order chi connectivity index (χ1) is 8.06. The lowest BCUT2D eigenvalue weighted by Crippen LogP contribution is -2.36. The van der Waals surface area contributed by atoms with Crippen molar-refractivity contribution in [3.63, 3.8) is 0 Å². The molecule has 0 bridgehead atoms. The molecule has 0 aliphatic heterocycles. The summed E-state index contributed by atoms with van der Waals surface area (Å²) in [6.07, 6.45) is 4.95. The summed E-state index contributed by atoms with van der Waals surface area (Å²) in [5.74, 6) is 2.32. The van der Waals surface area contributed by atoms with E-state index in [0.29, 0.717) is 11.9 Å². The molecular formula is C13H21N3O. The van der Waals surface area contributed by atoms with Crippen molar-refractivity contribution in [1.82, 2.24) is 9.97 Å². The van der Waals surface area contributed by atoms with Crippen molar-refractivity contribution in [3.05, 3.63) is 22.2 Å². The van der Waals surface area contributed by atoms with Gasteiger partial charge >= 0.3 is 0 Å². The second kappa shape index (κ2) is 4.90. The maximum atomic E-state index is 11.4. The zero-order chi connectivity index (χ0) is 12.4. The first-order valence-electron chi connectivity index (χ1n) is 6.37. The van der Waals surface area contributed by atoms with Gasteiger partial charge in [0, 0.05) is 19.2 Å². The second-order valence-corrected chi connectivity index (χ2v) is 5.21. The molecule has 1 saturated carbocycles. The molecule has 0 radical (unpaired) electrons. The fourth-order valence-corrected chi connectivity index (χ4v) is 2.56. The van der Waals surface area contributed by atoms with Crippen LogP contribution in [0.2, 0.25) is 0 Å². The maximum Gasteiger partial charge on any atom is 0.252 e. The van der Waals surface area contributed by atoms with Crippen molar-refractivity contribution in [2.75, 3.05) is 11.9 Å². The summed E-state index contributed by atoms with van der Waals surface area (Å²) in [7, 11) is 2.04. The predicted molar refractivity (Wildman–Crippen MR) is 69.4 cm³/mol. The van der Waals surface area contributed by atoms with E-state index in [0.717, 1.165) is 11.7 Å². The zero-order valence-electron chi connectivity index (χ0n) is 10.9. The van der Waals surface area contributed by atoms with Crippen LogP contribution < -0.4 is 10.5 Å². The molecule has 0 atom stereocenters. The van der Waals surface area contributed by atoms with E-state index in [4.69, 9.17) is 0 Å². The Morgan fingerprint density at radius 1 is 1.35 bits per heavy atom. The topological polar surface area (TPSA) is 49.0 Å². The van der Waals surface area contributed by atoms with E-state index in [1.807, 2.05) is 14.0 Å². The molecule has 1 aromatic rings. The summed E-state index contributed by atoms with van der Waals surface area (Å²) in [6, 6.07) is 2.12. The largest absolute Gasteiger partial charge is 0.356 e. The number of aryl methyl sites for hydroxylation is 1. The van der Waals surface area contributed by atoms with Crippen molar-refractivity contribution in [3.8, 4) is 0 Å². The molecule has 1 heterocycles. The molecule has 1 fully saturated rings. The van der Waals surface area contributed by atoms with E-state index in [1.165, 1.54) is 25.7 Å². The minimum atomic E-state index is -0.0662. The maximum absolute atomic E-state index is 11.4. The molecule has 1 aliphatic carbocycles. The van der Waals surface area contributed by atoms with Crippen molar-refractivity contribution in [1.29, 1.82) is 0 Å². The highest BCUT2D eigenvalue weighted by Crippen LogP contribution is 2.28. The Hall–Kier alpha value is -1.32. The van der Waals surface area contributed by atoms with Gasteiger partial charge in [0.1, 0.15) is 11.6 Å². The number of nitrogens with one attached hydrogen (secondary N) is 1. The number of aromatic nitrogens is 2. The third-order valence-corrected chi connectivity index (χ3v) is 3.74. The highest BCUT2D eigenvalue weighted by molar-refractivity contribution is 5.37. The number of nitrogens with zero attached hydrogens (tertiary/aromatic N) is 2. The zero-order valence-corrected chi connectivity index (χ0v) is 10.9. The molecule has 0 spiro atoms. The number of hydrogen-bond donors (Lipinski definition) is 1. The summed E-state index contributed by atoms with van der Waals surface area (Å²) < 4.78 is 0. The van der Waals surface area contributed by atoms with Gasteiger partial charge in [-0.25, -0.2) is 4.98 Å². The Morgan fingerprint density at radius 3 is 2.59 bits per heavy atom. The van der Waals surface area contributed by atoms with Gasteiger partial charge in [-0.2, -0.15) is 0 Å². The smallest absolute Gasteiger partial charge is 0.252 e. The lowest BCUT2D eigenvalue weighted by atomic mass is 9.87. The molecule has 4 nitrogen and oxygen atoms in total. The van der Waals surface area contributed by atoms with E-state index in [9.17, 15) is 4.79 Å². The molecule has 1 aliphatic rings. The van der Waals surface area contributed by atoms with Crippen molar-refractivity contribution < 1.29 is 0 Å². The minimum Gasteiger partial charge on any atom is -0.356 e. The molecule has 0 saturated heterocycles. The fraction of sp³-hybridized carbons (Fsp3) is 0.692. The van der Waals surface area contributed by atoms with Crippen LogP contribution in [0.5, 0.6) is 0 Å². The van der Waals surface area contributed by atoms with E-state index in [-0.39, 0.29) is 5.56 Å². The number of anilines is 1. The monoisotopic (exact) mass is 235 g/mol. The molecule has 1 aromatic heterocycles. The third-order valence-electron chi connectivity index (χ3n) is 3.74. The summed E-state index contributed by atoms with van der Waals surface area (Å²) in [4.78, 5) is 20.7. The van der Waals surface area contributed by atoms with Crippen LogP contribution in [-0.4, -0.2) is 23.1 Å². The van der Waals surface area contributed by atoms with Crippen molar-refractivity contribution >= 4 is 5.82 Å². The Kier molecular flexibility index (Phi) is 3.50. The van der Waals surface area contributed by atoms with Gasteiger partial charge in [0.25, 0.3) is 5.56 Å². The van der Waals surface area contributed by atoms with Crippen molar-refractivity contribution in [2.24, 2.45) is 5.92 Å². The van der Waals surface area contributed by atoms with Crippen LogP contribution in [0.25, 0.3) is 0 Å². The first kappa shape index (κ1) is 12.1. The number of aromatic amines is 1. The molecule has 0 aromatic carbocycles. The summed E-state index contributed by atoms with van der Waals surface area (Å²) in [5.41, 5.74) is -0.0662. The van der Waals surface area contributed by atoms with Crippen LogP contribution in [-0.2, 0) is 0 Å². The van der Waals surface area contributed by atoms with E-state index < -0.39 is 0 Å². The summed E-state index contributed by atoms with van der Waals surface area (Å²) in [5, 5.41) is 0. The Morgan fingerprint density at radius 2 is 2.00 bits per heavy atom. The van der Waals surface area contributed by atoms with Crippen LogP contribution in [0.1, 0.15) is 38.4 Å². The number of rotatable bonds is 2. The molecular weight excluding hydrogens is 214 g/mol. The minimum absolute atomic E-state index is 0.0662. The van der Waals surface area contributed by atoms with E-state index in [2.05, 4.69) is 21.8 Å². The molecule has 0 unspecified atom stereocenters. The van der Waals surface area contributed by atoms with E-state index >= 15 is 0 Å². The summed E-state index contributed by atoms with van der Waals surface area (Å²) in [6.45, 7) is 4.13. The third kappa shape index (κ3) is 2.87. The number of hydrogen-bond acceptors (Lipinski definition) is 3. The normalized spacial score (nSPS) is 24.6. The first-order valence-corrected chi connectivity index (χ1v) is 6.37. The van der Waals surface area contributed by atoms with Crippen LogP contribution >= 0.6 is 0 Å². The van der Waals surface area contributed by atoms with Gasteiger partial charge in [0.15, 0.2) is 0 Å². The molecule has 94 valence electrons. The van der Waals surface area contributed by atoms with Gasteiger partial charge in [-0.1, -0.05) is 6.92 Å². The lowest BCUT2D eigenvalue weighted by molar-refractivity contribution is 0.340. The van der Waals surface area contributed by atoms with E-state index in [1.54, 1.807) is 6.07 Å². The number of H-pyrrole nitrogens is 1. The Bertz CT molecular complexity index is 433. The molecule has 0 amide bonds. The molecule has 2 rings (SSSR count). The SMILES string of the molecule is Cc1nc(N(C)C2CCC(C)CC2)cc(=O)[nH]1. The van der Waals surface area contributed by atoms with Gasteiger partial charge in [-0.3, -0.25) is 4.79 Å². The van der Waals surface area contributed by atoms with Crippen LogP contribution in [0.15, 0.2) is 10.9 Å². The Balaban J connectivity index is 2.13. The quantitative estimate of drug-likeness (QED) is 0.854. The van der Waals surface area contributed by atoms with Gasteiger partial charge in [-0.05, 0) is 38.5 Å². The second-order valence-electron chi connectivity index (χ2n) is 5.21. The standard InChI is InChI=1S/C13H21N3O/c1-9-4-6-11(7-5-9)16(3)12-8-13(17)15-10(2)14-12/h8-9,11H,4-7H2,1-3H3,(H,14,15,17). The predicted octanol–water partition coefficient (Wildman–Crippen LogP) is 2.09.